The summed E-state index contributed by atoms with van der Waals surface area (Å²) in [5, 5.41) is 3.37. The van der Waals surface area contributed by atoms with Gasteiger partial charge in [-0.15, -0.1) is 0 Å². The molecule has 2 N–H and O–H groups in total. The summed E-state index contributed by atoms with van der Waals surface area (Å²) in [6, 6.07) is 1.08. The second kappa shape index (κ2) is 4.15. The molecule has 1 unspecified atom stereocenters. The minimum Gasteiger partial charge on any atom is -0.311 e. The molecule has 0 aliphatic carbocycles. The van der Waals surface area contributed by atoms with Crippen molar-refractivity contribution in [1.29, 1.82) is 0 Å². The van der Waals surface area contributed by atoms with Gasteiger partial charge in [-0.25, -0.2) is 0 Å². The third-order valence-corrected chi connectivity index (χ3v) is 2.78. The van der Waals surface area contributed by atoms with Gasteiger partial charge in [0, 0.05) is 18.5 Å². The number of rotatable bonds is 3. The summed E-state index contributed by atoms with van der Waals surface area (Å²) in [4.78, 5) is 8.56. The molecule has 0 saturated carbocycles. The fourth-order valence-electron chi connectivity index (χ4n) is 1.51. The van der Waals surface area contributed by atoms with Gasteiger partial charge in [0.15, 0.2) is 6.16 Å². The van der Waals surface area contributed by atoms with Crippen molar-refractivity contribution >= 4 is 8.03 Å². The molecular weight excluding hydrogens is 161 g/mol. The summed E-state index contributed by atoms with van der Waals surface area (Å²) in [7, 11) is -1.92. The molecule has 1 aliphatic heterocycles. The fraction of sp³-hybridized carbons (Fsp3) is 1.00. The first-order valence-electron chi connectivity index (χ1n) is 4.08. The monoisotopic (exact) mass is 176 g/mol. The Balaban J connectivity index is 2.13. The van der Waals surface area contributed by atoms with Gasteiger partial charge in [-0.3, -0.25) is 0 Å². The Labute approximate surface area is 68.1 Å². The highest BCUT2D eigenvalue weighted by Gasteiger charge is 2.23. The quantitative estimate of drug-likeness (QED) is 0.636. The first-order valence-corrected chi connectivity index (χ1v) is 5.48. The highest BCUT2D eigenvalue weighted by molar-refractivity contribution is 7.37. The second-order valence-electron chi connectivity index (χ2n) is 3.21. The van der Waals surface area contributed by atoms with E-state index in [0.29, 0.717) is 18.2 Å². The first-order chi connectivity index (χ1) is 5.18. The van der Waals surface area contributed by atoms with Crippen LogP contribution in [0.4, 0.5) is 0 Å². The second-order valence-corrected chi connectivity index (χ2v) is 4.36. The Hall–Kier alpha value is 0.0200. The largest absolute Gasteiger partial charge is 0.505 e. The summed E-state index contributed by atoms with van der Waals surface area (Å²) >= 11 is 0. The summed E-state index contributed by atoms with van der Waals surface area (Å²) in [6.45, 7) is 2.15. The maximum absolute atomic E-state index is 10.4. The number of nitrogens with one attached hydrogen (secondary N) is 1. The maximum atomic E-state index is 10.4. The van der Waals surface area contributed by atoms with E-state index in [-0.39, 0.29) is 0 Å². The van der Waals surface area contributed by atoms with E-state index in [1.807, 2.05) is 0 Å². The molecule has 0 aromatic rings. The van der Waals surface area contributed by atoms with Crippen molar-refractivity contribution in [2.24, 2.45) is 0 Å². The van der Waals surface area contributed by atoms with E-state index < -0.39 is 8.03 Å². The summed E-state index contributed by atoms with van der Waals surface area (Å²) in [5.41, 5.74) is 0. The molecule has 64 valence electrons. The highest BCUT2D eigenvalue weighted by Crippen LogP contribution is 2.20. The lowest BCUT2D eigenvalue weighted by Gasteiger charge is -2.06. The van der Waals surface area contributed by atoms with Gasteiger partial charge < -0.3 is 5.32 Å². The van der Waals surface area contributed by atoms with Gasteiger partial charge in [0.05, 0.1) is 0 Å². The topological polar surface area (TPSA) is 49.3 Å². The van der Waals surface area contributed by atoms with Crippen LogP contribution < -0.4 is 5.32 Å². The zero-order valence-electron chi connectivity index (χ0n) is 6.79. The predicted molar refractivity (Wildman–Crippen MR) is 44.9 cm³/mol. The molecule has 11 heavy (non-hydrogen) atoms. The molecule has 1 aliphatic rings. The van der Waals surface area contributed by atoms with Crippen molar-refractivity contribution in [2.45, 2.75) is 38.3 Å². The third kappa shape index (κ3) is 3.28. The maximum Gasteiger partial charge on any atom is 0.505 e. The van der Waals surface area contributed by atoms with Gasteiger partial charge in [-0.1, -0.05) is 0 Å². The van der Waals surface area contributed by atoms with E-state index >= 15 is 0 Å². The van der Waals surface area contributed by atoms with Crippen molar-refractivity contribution in [3.63, 3.8) is 0 Å². The average molecular weight is 176 g/mol. The van der Waals surface area contributed by atoms with Gasteiger partial charge in [0.25, 0.3) is 0 Å². The molecule has 1 fully saturated rings. The van der Waals surface area contributed by atoms with E-state index in [2.05, 4.69) is 12.2 Å². The Bertz CT molecular complexity index is 151. The van der Waals surface area contributed by atoms with E-state index in [4.69, 9.17) is 4.89 Å². The van der Waals surface area contributed by atoms with Crippen LogP contribution in [0.3, 0.4) is 0 Å². The molecule has 1 rings (SSSR count). The van der Waals surface area contributed by atoms with Crippen molar-refractivity contribution in [1.82, 2.24) is 5.32 Å². The highest BCUT2D eigenvalue weighted by atomic mass is 31.1. The third-order valence-electron chi connectivity index (χ3n) is 2.14. The zero-order valence-corrected chi connectivity index (χ0v) is 7.68. The molecule has 3 nitrogen and oxygen atoms in total. The Morgan fingerprint density at radius 1 is 1.64 bits per heavy atom. The van der Waals surface area contributed by atoms with E-state index in [1.165, 1.54) is 6.42 Å². The molecule has 0 aromatic heterocycles. The molecule has 4 heteroatoms. The van der Waals surface area contributed by atoms with Gasteiger partial charge in [0.2, 0.25) is 0 Å². The molecular formula is C7H15NO2P+. The standard InChI is InChI=1S/C7H14NO2P/c1-6-2-3-7(8-6)4-5-11(9)10/h6-8H,2-5H2,1H3/p+1/t6-,7-/m0/s1. The van der Waals surface area contributed by atoms with Crippen LogP contribution in [0, 0.1) is 0 Å². The van der Waals surface area contributed by atoms with Crippen molar-refractivity contribution in [3.05, 3.63) is 0 Å². The number of hydrogen-bond acceptors (Lipinski definition) is 2. The first kappa shape index (κ1) is 9.11. The SMILES string of the molecule is C[C@H]1CC[C@@H](CC[P+](=O)O)N1. The average Bonchev–Trinajstić information content (AvgIpc) is 2.31. The summed E-state index contributed by atoms with van der Waals surface area (Å²) in [6.07, 6.45) is 3.65. The Morgan fingerprint density at radius 2 is 2.36 bits per heavy atom. The van der Waals surface area contributed by atoms with Crippen LogP contribution in [0.15, 0.2) is 0 Å². The van der Waals surface area contributed by atoms with Crippen LogP contribution in [0.5, 0.6) is 0 Å². The smallest absolute Gasteiger partial charge is 0.311 e. The van der Waals surface area contributed by atoms with Gasteiger partial charge in [-0.05, 0) is 24.3 Å². The van der Waals surface area contributed by atoms with Gasteiger partial charge >= 0.3 is 8.03 Å². The van der Waals surface area contributed by atoms with Crippen LogP contribution in [0.25, 0.3) is 0 Å². The summed E-state index contributed by atoms with van der Waals surface area (Å²) in [5.74, 6) is 0. The minimum atomic E-state index is -1.92. The van der Waals surface area contributed by atoms with Gasteiger partial charge in [0.1, 0.15) is 0 Å². The molecule has 0 spiro atoms. The van der Waals surface area contributed by atoms with Crippen LogP contribution >= 0.6 is 8.03 Å². The van der Waals surface area contributed by atoms with Gasteiger partial charge in [-0.2, -0.15) is 4.89 Å². The molecule has 3 atom stereocenters. The van der Waals surface area contributed by atoms with Crippen molar-refractivity contribution < 1.29 is 9.46 Å². The van der Waals surface area contributed by atoms with Crippen LogP contribution in [0.1, 0.15) is 26.2 Å². The lowest BCUT2D eigenvalue weighted by Crippen LogP contribution is -2.27. The van der Waals surface area contributed by atoms with Crippen molar-refractivity contribution in [3.8, 4) is 0 Å². The molecule has 0 radical (unpaired) electrons. The molecule has 1 saturated heterocycles. The normalized spacial score (nSPS) is 32.4. The Morgan fingerprint density at radius 3 is 2.82 bits per heavy atom. The zero-order chi connectivity index (χ0) is 8.27. The summed E-state index contributed by atoms with van der Waals surface area (Å²) < 4.78 is 10.4. The van der Waals surface area contributed by atoms with Crippen LogP contribution in [0.2, 0.25) is 0 Å². The van der Waals surface area contributed by atoms with E-state index in [0.717, 1.165) is 12.8 Å². The van der Waals surface area contributed by atoms with E-state index in [1.54, 1.807) is 0 Å². The Kier molecular flexibility index (Phi) is 3.44. The number of hydrogen-bond donors (Lipinski definition) is 2. The van der Waals surface area contributed by atoms with Crippen molar-refractivity contribution in [2.75, 3.05) is 6.16 Å². The molecule has 0 amide bonds. The molecule has 0 aromatic carbocycles. The van der Waals surface area contributed by atoms with Crippen LogP contribution in [-0.4, -0.2) is 23.1 Å². The molecule has 0 bridgehead atoms. The molecule has 1 heterocycles. The predicted octanol–water partition coefficient (Wildman–Crippen LogP) is 1.25. The lowest BCUT2D eigenvalue weighted by molar-refractivity contribution is 0.489. The minimum absolute atomic E-state index is 0.444. The lowest BCUT2D eigenvalue weighted by atomic mass is 10.2. The van der Waals surface area contributed by atoms with Crippen LogP contribution in [-0.2, 0) is 4.57 Å². The van der Waals surface area contributed by atoms with E-state index in [9.17, 15) is 4.57 Å². The fourth-order valence-corrected chi connectivity index (χ4v) is 2.05.